The van der Waals surface area contributed by atoms with Gasteiger partial charge >= 0.3 is 0 Å². The standard InChI is InChI=1S/C14H22N2/c1-15(2)8-9-16(3)14-10-12-6-4-5-7-13(12)11-14/h4-7,14H,8-11H2,1-3H3/p+2. The van der Waals surface area contributed by atoms with Crippen LogP contribution in [0.1, 0.15) is 11.1 Å². The first-order valence-corrected chi connectivity index (χ1v) is 6.35. The summed E-state index contributed by atoms with van der Waals surface area (Å²) in [7, 11) is 6.81. The molecule has 0 saturated carbocycles. The molecule has 0 heterocycles. The van der Waals surface area contributed by atoms with Crippen molar-refractivity contribution in [3.63, 3.8) is 0 Å². The molecule has 88 valence electrons. The average Bonchev–Trinajstić information content (AvgIpc) is 2.69. The van der Waals surface area contributed by atoms with E-state index in [0.717, 1.165) is 6.04 Å². The van der Waals surface area contributed by atoms with Crippen LogP contribution in [0.25, 0.3) is 0 Å². The van der Waals surface area contributed by atoms with E-state index in [1.54, 1.807) is 20.9 Å². The number of hydrogen-bond donors (Lipinski definition) is 2. The monoisotopic (exact) mass is 220 g/mol. The van der Waals surface area contributed by atoms with Crippen LogP contribution in [0.5, 0.6) is 0 Å². The normalized spacial score (nSPS) is 17.8. The van der Waals surface area contributed by atoms with Crippen molar-refractivity contribution in [1.82, 2.24) is 0 Å². The first kappa shape index (κ1) is 11.6. The fraction of sp³-hybridized carbons (Fsp3) is 0.571. The van der Waals surface area contributed by atoms with Crippen molar-refractivity contribution in [3.8, 4) is 0 Å². The Kier molecular flexibility index (Phi) is 3.62. The lowest BCUT2D eigenvalue weighted by atomic mass is 10.1. The van der Waals surface area contributed by atoms with Crippen LogP contribution in [-0.4, -0.2) is 40.3 Å². The van der Waals surface area contributed by atoms with E-state index in [1.165, 1.54) is 25.9 Å². The van der Waals surface area contributed by atoms with E-state index in [1.807, 2.05) is 0 Å². The highest BCUT2D eigenvalue weighted by Crippen LogP contribution is 2.19. The molecule has 1 aliphatic carbocycles. The maximum atomic E-state index is 2.35. The largest absolute Gasteiger partial charge is 0.335 e. The van der Waals surface area contributed by atoms with Crippen molar-refractivity contribution >= 4 is 0 Å². The number of quaternary nitrogens is 2. The van der Waals surface area contributed by atoms with Crippen LogP contribution in [0.4, 0.5) is 0 Å². The number of benzene rings is 1. The molecule has 2 nitrogen and oxygen atoms in total. The summed E-state index contributed by atoms with van der Waals surface area (Å²) in [6.45, 7) is 2.54. The molecule has 0 spiro atoms. The summed E-state index contributed by atoms with van der Waals surface area (Å²) in [6, 6.07) is 9.72. The maximum absolute atomic E-state index is 2.35. The van der Waals surface area contributed by atoms with E-state index in [-0.39, 0.29) is 0 Å². The highest BCUT2D eigenvalue weighted by molar-refractivity contribution is 5.32. The third-order valence-electron chi connectivity index (χ3n) is 3.77. The third-order valence-corrected chi connectivity index (χ3v) is 3.77. The summed E-state index contributed by atoms with van der Waals surface area (Å²) < 4.78 is 0. The second kappa shape index (κ2) is 4.98. The van der Waals surface area contributed by atoms with E-state index in [2.05, 4.69) is 45.4 Å². The molecule has 1 unspecified atom stereocenters. The lowest BCUT2D eigenvalue weighted by Gasteiger charge is -2.21. The number of rotatable bonds is 4. The van der Waals surface area contributed by atoms with Crippen LogP contribution < -0.4 is 9.80 Å². The van der Waals surface area contributed by atoms with Crippen LogP contribution in [0.15, 0.2) is 24.3 Å². The number of nitrogens with one attached hydrogen (secondary N) is 2. The molecule has 0 bridgehead atoms. The summed E-state index contributed by atoms with van der Waals surface area (Å²) >= 11 is 0. The Labute approximate surface area is 98.9 Å². The number of hydrogen-bond acceptors (Lipinski definition) is 0. The van der Waals surface area contributed by atoms with Crippen molar-refractivity contribution in [2.45, 2.75) is 18.9 Å². The zero-order chi connectivity index (χ0) is 11.5. The summed E-state index contributed by atoms with van der Waals surface area (Å²) in [6.07, 6.45) is 2.54. The molecular formula is C14H24N2+2. The molecule has 0 aromatic heterocycles. The minimum atomic E-state index is 0.803. The van der Waals surface area contributed by atoms with E-state index in [4.69, 9.17) is 0 Å². The Bertz CT molecular complexity index is 321. The van der Waals surface area contributed by atoms with Gasteiger partial charge in [0.2, 0.25) is 0 Å². The lowest BCUT2D eigenvalue weighted by Crippen LogP contribution is -3.19. The van der Waals surface area contributed by atoms with Gasteiger partial charge in [0.1, 0.15) is 13.1 Å². The second-order valence-electron chi connectivity index (χ2n) is 5.43. The Morgan fingerprint density at radius 3 is 2.06 bits per heavy atom. The molecule has 2 heteroatoms. The molecule has 2 N–H and O–H groups in total. The Morgan fingerprint density at radius 2 is 1.56 bits per heavy atom. The van der Waals surface area contributed by atoms with Crippen LogP contribution >= 0.6 is 0 Å². The van der Waals surface area contributed by atoms with Gasteiger partial charge in [-0.05, 0) is 11.1 Å². The summed E-state index contributed by atoms with van der Waals surface area (Å²) in [5.41, 5.74) is 3.15. The zero-order valence-electron chi connectivity index (χ0n) is 10.7. The quantitative estimate of drug-likeness (QED) is 0.632. The molecule has 1 atom stereocenters. The Morgan fingerprint density at radius 1 is 1.00 bits per heavy atom. The van der Waals surface area contributed by atoms with Gasteiger partial charge in [-0.25, -0.2) is 0 Å². The van der Waals surface area contributed by atoms with Gasteiger partial charge in [-0.15, -0.1) is 0 Å². The first-order chi connectivity index (χ1) is 7.66. The van der Waals surface area contributed by atoms with Crippen molar-refractivity contribution < 1.29 is 9.80 Å². The van der Waals surface area contributed by atoms with Gasteiger partial charge in [0, 0.05) is 12.8 Å². The van der Waals surface area contributed by atoms with Crippen LogP contribution in [0.3, 0.4) is 0 Å². The van der Waals surface area contributed by atoms with E-state index in [0.29, 0.717) is 0 Å². The third kappa shape index (κ3) is 2.63. The Balaban J connectivity index is 1.90. The van der Waals surface area contributed by atoms with Gasteiger partial charge < -0.3 is 9.80 Å². The van der Waals surface area contributed by atoms with Gasteiger partial charge in [0.25, 0.3) is 0 Å². The van der Waals surface area contributed by atoms with Crippen LogP contribution in [-0.2, 0) is 12.8 Å². The Hall–Kier alpha value is -0.860. The fourth-order valence-corrected chi connectivity index (χ4v) is 2.56. The second-order valence-corrected chi connectivity index (χ2v) is 5.43. The molecule has 1 aromatic carbocycles. The fourth-order valence-electron chi connectivity index (χ4n) is 2.56. The molecule has 0 saturated heterocycles. The topological polar surface area (TPSA) is 8.88 Å². The zero-order valence-corrected chi connectivity index (χ0v) is 10.7. The molecule has 2 rings (SSSR count). The molecule has 16 heavy (non-hydrogen) atoms. The van der Waals surface area contributed by atoms with Crippen molar-refractivity contribution in [1.29, 1.82) is 0 Å². The predicted molar refractivity (Wildman–Crippen MR) is 67.1 cm³/mol. The lowest BCUT2D eigenvalue weighted by molar-refractivity contribution is -0.944. The van der Waals surface area contributed by atoms with Gasteiger partial charge in [-0.3, -0.25) is 0 Å². The SMILES string of the molecule is C[NH+](C)CC[NH+](C)C1Cc2ccccc2C1. The van der Waals surface area contributed by atoms with E-state index >= 15 is 0 Å². The van der Waals surface area contributed by atoms with Crippen molar-refractivity contribution in [2.75, 3.05) is 34.2 Å². The number of fused-ring (bicyclic) bond motifs is 1. The molecule has 0 fully saturated rings. The minimum Gasteiger partial charge on any atom is -0.335 e. The highest BCUT2D eigenvalue weighted by atomic mass is 15.2. The maximum Gasteiger partial charge on any atom is 0.127 e. The molecule has 1 aliphatic rings. The van der Waals surface area contributed by atoms with Crippen LogP contribution in [0, 0.1) is 0 Å². The molecule has 0 aliphatic heterocycles. The van der Waals surface area contributed by atoms with Gasteiger partial charge in [0.15, 0.2) is 0 Å². The molecular weight excluding hydrogens is 196 g/mol. The van der Waals surface area contributed by atoms with Gasteiger partial charge in [0.05, 0.1) is 27.2 Å². The van der Waals surface area contributed by atoms with Crippen molar-refractivity contribution in [2.24, 2.45) is 0 Å². The summed E-state index contributed by atoms with van der Waals surface area (Å²) in [4.78, 5) is 3.24. The van der Waals surface area contributed by atoms with Crippen molar-refractivity contribution in [3.05, 3.63) is 35.4 Å². The number of likely N-dealkylation sites (N-methyl/N-ethyl adjacent to an activating group) is 2. The summed E-state index contributed by atoms with van der Waals surface area (Å²) in [5.74, 6) is 0. The molecule has 1 aromatic rings. The molecule has 0 amide bonds. The van der Waals surface area contributed by atoms with Gasteiger partial charge in [-0.2, -0.15) is 0 Å². The molecule has 0 radical (unpaired) electrons. The highest BCUT2D eigenvalue weighted by Gasteiger charge is 2.27. The first-order valence-electron chi connectivity index (χ1n) is 6.35. The summed E-state index contributed by atoms with van der Waals surface area (Å²) in [5, 5.41) is 0. The smallest absolute Gasteiger partial charge is 0.127 e. The van der Waals surface area contributed by atoms with Crippen LogP contribution in [0.2, 0.25) is 0 Å². The van der Waals surface area contributed by atoms with Gasteiger partial charge in [-0.1, -0.05) is 24.3 Å². The van der Waals surface area contributed by atoms with E-state index in [9.17, 15) is 0 Å². The minimum absolute atomic E-state index is 0.803. The van der Waals surface area contributed by atoms with E-state index < -0.39 is 0 Å². The average molecular weight is 220 g/mol. The predicted octanol–water partition coefficient (Wildman–Crippen LogP) is -1.19.